The fourth-order valence-corrected chi connectivity index (χ4v) is 3.60. The first kappa shape index (κ1) is 20.4. The van der Waals surface area contributed by atoms with Crippen LogP contribution in [0, 0.1) is 0 Å². The Kier molecular flexibility index (Phi) is 6.40. The van der Waals surface area contributed by atoms with Gasteiger partial charge in [0.1, 0.15) is 10.6 Å². The van der Waals surface area contributed by atoms with E-state index in [1.807, 2.05) is 0 Å². The smallest absolute Gasteiger partial charge is 0.338 e. The standard InChI is InChI=1S/C16H13BrClNO6S/c1-24-14-5-3-9(6-11(14)17)13(20)8-25-16(21)10-2-4-12(18)15(7-10)26(19,22)23/h2-7H,8H2,1H3,(H2,19,22,23). The van der Waals surface area contributed by atoms with Crippen molar-refractivity contribution in [1.29, 1.82) is 0 Å². The van der Waals surface area contributed by atoms with Crippen LogP contribution < -0.4 is 9.88 Å². The number of rotatable bonds is 6. The molecule has 0 aromatic heterocycles. The predicted octanol–water partition coefficient (Wildman–Crippen LogP) is 2.80. The number of nitrogens with two attached hydrogens (primary N) is 1. The van der Waals surface area contributed by atoms with Crippen LogP contribution in [0.5, 0.6) is 5.75 Å². The maximum atomic E-state index is 12.1. The molecule has 0 heterocycles. The van der Waals surface area contributed by atoms with E-state index in [-0.39, 0.29) is 10.6 Å². The van der Waals surface area contributed by atoms with Gasteiger partial charge in [0.25, 0.3) is 0 Å². The number of ether oxygens (including phenoxy) is 2. The summed E-state index contributed by atoms with van der Waals surface area (Å²) < 4.78 is 33.5. The van der Waals surface area contributed by atoms with Crippen LogP contribution in [0.25, 0.3) is 0 Å². The molecule has 0 atom stereocenters. The third kappa shape index (κ3) is 4.82. The van der Waals surface area contributed by atoms with Gasteiger partial charge in [-0.15, -0.1) is 0 Å². The Morgan fingerprint density at radius 1 is 1.15 bits per heavy atom. The number of ketones is 1. The average molecular weight is 463 g/mol. The van der Waals surface area contributed by atoms with Crippen molar-refractivity contribution in [1.82, 2.24) is 0 Å². The summed E-state index contributed by atoms with van der Waals surface area (Å²) in [5, 5.41) is 4.91. The highest BCUT2D eigenvalue weighted by atomic mass is 79.9. The molecule has 2 aromatic rings. The highest BCUT2D eigenvalue weighted by Crippen LogP contribution is 2.26. The third-order valence-corrected chi connectivity index (χ3v) is 5.29. The van der Waals surface area contributed by atoms with Crippen LogP contribution in [-0.4, -0.2) is 33.9 Å². The van der Waals surface area contributed by atoms with Crippen LogP contribution in [0.3, 0.4) is 0 Å². The molecule has 2 rings (SSSR count). The lowest BCUT2D eigenvalue weighted by molar-refractivity contribution is 0.0474. The summed E-state index contributed by atoms with van der Waals surface area (Å²) in [7, 11) is -2.61. The van der Waals surface area contributed by atoms with E-state index in [4.69, 9.17) is 26.2 Å². The second kappa shape index (κ2) is 8.17. The summed E-state index contributed by atoms with van der Waals surface area (Å²) >= 11 is 9.01. The largest absolute Gasteiger partial charge is 0.496 e. The maximum absolute atomic E-state index is 12.1. The van der Waals surface area contributed by atoms with Crippen LogP contribution >= 0.6 is 27.5 Å². The molecule has 2 aromatic carbocycles. The number of primary sulfonamides is 1. The molecule has 7 nitrogen and oxygen atoms in total. The van der Waals surface area contributed by atoms with Crippen LogP contribution in [0.4, 0.5) is 0 Å². The first-order valence-electron chi connectivity index (χ1n) is 6.99. The van der Waals surface area contributed by atoms with Gasteiger partial charge in [-0.3, -0.25) is 4.79 Å². The summed E-state index contributed by atoms with van der Waals surface area (Å²) in [6.45, 7) is -0.523. The van der Waals surface area contributed by atoms with E-state index in [0.29, 0.717) is 15.8 Å². The quantitative estimate of drug-likeness (QED) is 0.522. The fourth-order valence-electron chi connectivity index (χ4n) is 1.99. The van der Waals surface area contributed by atoms with Gasteiger partial charge in [0.05, 0.1) is 22.2 Å². The molecule has 26 heavy (non-hydrogen) atoms. The fraction of sp³-hybridized carbons (Fsp3) is 0.125. The van der Waals surface area contributed by atoms with E-state index in [2.05, 4.69) is 15.9 Å². The minimum absolute atomic E-state index is 0.0952. The molecule has 2 N–H and O–H groups in total. The SMILES string of the molecule is COc1ccc(C(=O)COC(=O)c2ccc(Cl)c(S(N)(=O)=O)c2)cc1Br. The topological polar surface area (TPSA) is 113 Å². The molecule has 0 bridgehead atoms. The van der Waals surface area contributed by atoms with E-state index >= 15 is 0 Å². The van der Waals surface area contributed by atoms with Gasteiger partial charge in [-0.25, -0.2) is 18.4 Å². The van der Waals surface area contributed by atoms with Crippen LogP contribution in [0.15, 0.2) is 45.8 Å². The zero-order valence-corrected chi connectivity index (χ0v) is 16.5. The van der Waals surface area contributed by atoms with Gasteiger partial charge in [-0.1, -0.05) is 11.6 Å². The monoisotopic (exact) mass is 461 g/mol. The molecule has 0 unspecified atom stereocenters. The molecule has 0 amide bonds. The Morgan fingerprint density at radius 3 is 2.38 bits per heavy atom. The second-order valence-corrected chi connectivity index (χ2v) is 7.83. The molecule has 138 valence electrons. The van der Waals surface area contributed by atoms with E-state index in [9.17, 15) is 18.0 Å². The summed E-state index contributed by atoms with van der Waals surface area (Å²) in [6, 6.07) is 8.14. The minimum atomic E-state index is -4.10. The van der Waals surface area contributed by atoms with Crippen LogP contribution in [0.1, 0.15) is 20.7 Å². The number of carbonyl (C=O) groups excluding carboxylic acids is 2. The number of Topliss-reactive ketones (excluding diaryl/α,β-unsaturated/α-hetero) is 1. The van der Waals surface area contributed by atoms with Crippen LogP contribution in [-0.2, 0) is 14.8 Å². The number of methoxy groups -OCH3 is 1. The molecular weight excluding hydrogens is 450 g/mol. The Balaban J connectivity index is 2.11. The van der Waals surface area contributed by atoms with Gasteiger partial charge in [-0.05, 0) is 52.3 Å². The summed E-state index contributed by atoms with van der Waals surface area (Å²) in [6.07, 6.45) is 0. The van der Waals surface area contributed by atoms with Gasteiger partial charge < -0.3 is 9.47 Å². The Morgan fingerprint density at radius 2 is 1.81 bits per heavy atom. The summed E-state index contributed by atoms with van der Waals surface area (Å²) in [5.74, 6) is -0.773. The van der Waals surface area contributed by atoms with Gasteiger partial charge >= 0.3 is 5.97 Å². The second-order valence-electron chi connectivity index (χ2n) is 5.04. The van der Waals surface area contributed by atoms with Crippen LogP contribution in [0.2, 0.25) is 5.02 Å². The average Bonchev–Trinajstić information content (AvgIpc) is 2.58. The summed E-state index contributed by atoms with van der Waals surface area (Å²) in [5.41, 5.74) is 0.217. The first-order chi connectivity index (χ1) is 12.1. The lowest BCUT2D eigenvalue weighted by Gasteiger charge is -2.08. The van der Waals surface area contributed by atoms with Crippen molar-refractivity contribution in [3.05, 3.63) is 57.0 Å². The number of benzene rings is 2. The van der Waals surface area contributed by atoms with Crippen molar-refractivity contribution < 1.29 is 27.5 Å². The molecular formula is C16H13BrClNO6S. The van der Waals surface area contributed by atoms with Gasteiger partial charge in [0.15, 0.2) is 12.4 Å². The molecule has 0 aliphatic heterocycles. The molecule has 0 saturated heterocycles. The Labute approximate surface area is 163 Å². The van der Waals surface area contributed by atoms with Crippen molar-refractivity contribution in [2.24, 2.45) is 5.14 Å². The lowest BCUT2D eigenvalue weighted by Crippen LogP contribution is -2.16. The first-order valence-corrected chi connectivity index (χ1v) is 9.71. The molecule has 0 aliphatic rings. The highest BCUT2D eigenvalue weighted by molar-refractivity contribution is 9.10. The number of hydrogen-bond acceptors (Lipinski definition) is 6. The molecule has 0 saturated carbocycles. The normalized spacial score (nSPS) is 11.1. The van der Waals surface area contributed by atoms with Crippen molar-refractivity contribution in [2.75, 3.05) is 13.7 Å². The number of carbonyl (C=O) groups is 2. The number of esters is 1. The zero-order valence-electron chi connectivity index (χ0n) is 13.4. The molecule has 0 radical (unpaired) electrons. The van der Waals surface area contributed by atoms with E-state index in [1.165, 1.54) is 31.4 Å². The van der Waals surface area contributed by atoms with Crippen molar-refractivity contribution >= 4 is 49.3 Å². The molecule has 0 fully saturated rings. The number of halogens is 2. The predicted molar refractivity (Wildman–Crippen MR) is 98.1 cm³/mol. The Bertz CT molecular complexity index is 977. The van der Waals surface area contributed by atoms with E-state index < -0.39 is 33.3 Å². The number of sulfonamides is 1. The van der Waals surface area contributed by atoms with Gasteiger partial charge in [0.2, 0.25) is 10.0 Å². The zero-order chi connectivity index (χ0) is 19.5. The van der Waals surface area contributed by atoms with Gasteiger partial charge in [0, 0.05) is 5.56 Å². The van der Waals surface area contributed by atoms with Crippen molar-refractivity contribution in [2.45, 2.75) is 4.90 Å². The van der Waals surface area contributed by atoms with E-state index in [1.54, 1.807) is 6.07 Å². The highest BCUT2D eigenvalue weighted by Gasteiger charge is 2.18. The lowest BCUT2D eigenvalue weighted by atomic mass is 10.1. The maximum Gasteiger partial charge on any atom is 0.338 e. The Hall–Kier alpha value is -1.94. The molecule has 10 heteroatoms. The van der Waals surface area contributed by atoms with Crippen molar-refractivity contribution in [3.63, 3.8) is 0 Å². The summed E-state index contributed by atoms with van der Waals surface area (Å²) in [4.78, 5) is 23.8. The van der Waals surface area contributed by atoms with Crippen molar-refractivity contribution in [3.8, 4) is 5.75 Å². The van der Waals surface area contributed by atoms with Gasteiger partial charge in [-0.2, -0.15) is 0 Å². The van der Waals surface area contributed by atoms with E-state index in [0.717, 1.165) is 6.07 Å². The minimum Gasteiger partial charge on any atom is -0.496 e. The molecule has 0 aliphatic carbocycles. The third-order valence-electron chi connectivity index (χ3n) is 3.28. The number of hydrogen-bond donors (Lipinski definition) is 1. The molecule has 0 spiro atoms.